The molecule has 2 aromatic carbocycles. The van der Waals surface area contributed by atoms with Crippen molar-refractivity contribution in [1.29, 1.82) is 0 Å². The quantitative estimate of drug-likeness (QED) is 0.559. The first-order chi connectivity index (χ1) is 9.70. The van der Waals surface area contributed by atoms with Crippen LogP contribution in [-0.2, 0) is 5.33 Å². The Morgan fingerprint density at radius 3 is 2.40 bits per heavy atom. The van der Waals surface area contributed by atoms with Gasteiger partial charge < -0.3 is 0 Å². The van der Waals surface area contributed by atoms with E-state index in [-0.39, 0.29) is 0 Å². The molecule has 1 heterocycles. The fraction of sp³-hybridized carbons (Fsp3) is 0.0667. The van der Waals surface area contributed by atoms with Crippen molar-refractivity contribution in [1.82, 2.24) is 9.97 Å². The number of alkyl halides is 1. The zero-order valence-electron chi connectivity index (χ0n) is 10.3. The molecule has 1 aromatic heterocycles. The van der Waals surface area contributed by atoms with Gasteiger partial charge in [-0.2, -0.15) is 0 Å². The first kappa shape index (κ1) is 13.8. The highest BCUT2D eigenvalue weighted by Gasteiger charge is 2.13. The lowest BCUT2D eigenvalue weighted by molar-refractivity contribution is 1.18. The van der Waals surface area contributed by atoms with Gasteiger partial charge in [-0.1, -0.05) is 63.4 Å². The Kier molecular flexibility index (Phi) is 3.92. The fourth-order valence-electron chi connectivity index (χ4n) is 2.04. The van der Waals surface area contributed by atoms with Crippen LogP contribution >= 0.6 is 39.1 Å². The van der Waals surface area contributed by atoms with Crippen molar-refractivity contribution >= 4 is 50.2 Å². The second-order valence-electron chi connectivity index (χ2n) is 4.24. The number of nitrogens with zero attached hydrogens (tertiary/aromatic N) is 2. The van der Waals surface area contributed by atoms with Gasteiger partial charge in [-0.25, -0.2) is 9.97 Å². The average molecular weight is 368 g/mol. The molecule has 0 N–H and O–H groups in total. The summed E-state index contributed by atoms with van der Waals surface area (Å²) in [4.78, 5) is 9.29. The number of rotatable bonds is 2. The van der Waals surface area contributed by atoms with E-state index in [9.17, 15) is 0 Å². The fourth-order valence-corrected chi connectivity index (χ4v) is 2.87. The lowest BCUT2D eigenvalue weighted by atomic mass is 10.1. The Labute approximate surface area is 134 Å². The molecule has 0 saturated heterocycles. The van der Waals surface area contributed by atoms with Gasteiger partial charge in [0.15, 0.2) is 0 Å². The van der Waals surface area contributed by atoms with Crippen molar-refractivity contribution in [3.63, 3.8) is 0 Å². The molecular formula is C15H9BrCl2N2. The molecule has 3 rings (SSSR count). The number of benzene rings is 2. The van der Waals surface area contributed by atoms with E-state index in [0.717, 1.165) is 22.5 Å². The number of para-hydroxylation sites is 1. The molecule has 20 heavy (non-hydrogen) atoms. The third-order valence-electron chi connectivity index (χ3n) is 2.97. The molecule has 0 amide bonds. The molecule has 0 unspecified atom stereocenters. The third kappa shape index (κ3) is 2.41. The molecule has 5 heteroatoms. The van der Waals surface area contributed by atoms with Crippen LogP contribution in [0.3, 0.4) is 0 Å². The van der Waals surface area contributed by atoms with Gasteiger partial charge in [-0.05, 0) is 18.2 Å². The highest BCUT2D eigenvalue weighted by molar-refractivity contribution is 9.08. The van der Waals surface area contributed by atoms with Gasteiger partial charge in [0, 0.05) is 10.9 Å². The van der Waals surface area contributed by atoms with Crippen LogP contribution in [0, 0.1) is 0 Å². The van der Waals surface area contributed by atoms with Crippen molar-refractivity contribution in [3.8, 4) is 11.3 Å². The Balaban J connectivity index is 2.33. The molecule has 0 radical (unpaired) electrons. The van der Waals surface area contributed by atoms with Crippen LogP contribution in [-0.4, -0.2) is 9.97 Å². The topological polar surface area (TPSA) is 25.8 Å². The number of hydrogen-bond donors (Lipinski definition) is 0. The predicted molar refractivity (Wildman–Crippen MR) is 87.6 cm³/mol. The van der Waals surface area contributed by atoms with Gasteiger partial charge in [0.05, 0.1) is 26.9 Å². The smallest absolute Gasteiger partial charge is 0.108 e. The van der Waals surface area contributed by atoms with Crippen LogP contribution in [0.2, 0.25) is 10.0 Å². The number of hydrogen-bond acceptors (Lipinski definition) is 2. The number of halogens is 3. The lowest BCUT2D eigenvalue weighted by Crippen LogP contribution is -1.97. The molecule has 0 fully saturated rings. The largest absolute Gasteiger partial charge is 0.246 e. The van der Waals surface area contributed by atoms with Crippen LogP contribution < -0.4 is 0 Å². The molecule has 0 aliphatic carbocycles. The van der Waals surface area contributed by atoms with Gasteiger partial charge >= 0.3 is 0 Å². The number of fused-ring (bicyclic) bond motifs is 1. The maximum Gasteiger partial charge on any atom is 0.108 e. The second-order valence-corrected chi connectivity index (χ2v) is 5.62. The summed E-state index contributed by atoms with van der Waals surface area (Å²) in [5.41, 5.74) is 3.94. The average Bonchev–Trinajstić information content (AvgIpc) is 2.47. The van der Waals surface area contributed by atoms with E-state index in [1.807, 2.05) is 42.5 Å². The summed E-state index contributed by atoms with van der Waals surface area (Å²) < 4.78 is 0. The monoisotopic (exact) mass is 366 g/mol. The molecule has 2 nitrogen and oxygen atoms in total. The minimum atomic E-state index is 0.585. The Morgan fingerprint density at radius 1 is 0.900 bits per heavy atom. The Bertz CT molecular complexity index is 790. The summed E-state index contributed by atoms with van der Waals surface area (Å²) in [6.07, 6.45) is 0. The van der Waals surface area contributed by atoms with Crippen LogP contribution in [0.5, 0.6) is 0 Å². The molecule has 0 atom stereocenters. The van der Waals surface area contributed by atoms with E-state index < -0.39 is 0 Å². The zero-order valence-corrected chi connectivity index (χ0v) is 13.4. The summed E-state index contributed by atoms with van der Waals surface area (Å²) in [7, 11) is 0. The van der Waals surface area contributed by atoms with Gasteiger partial charge in [-0.3, -0.25) is 0 Å². The van der Waals surface area contributed by atoms with Crippen LogP contribution in [0.25, 0.3) is 22.3 Å². The highest BCUT2D eigenvalue weighted by Crippen LogP contribution is 2.31. The second kappa shape index (κ2) is 5.68. The maximum atomic E-state index is 6.26. The van der Waals surface area contributed by atoms with Crippen molar-refractivity contribution in [2.45, 2.75) is 5.33 Å². The zero-order chi connectivity index (χ0) is 14.1. The van der Waals surface area contributed by atoms with E-state index in [1.54, 1.807) is 0 Å². The SMILES string of the molecule is Clc1ccccc1-c1nc2cccc(Cl)c2nc1CBr. The first-order valence-corrected chi connectivity index (χ1v) is 7.84. The van der Waals surface area contributed by atoms with Crippen LogP contribution in [0.1, 0.15) is 5.69 Å². The normalized spacial score (nSPS) is 10.9. The van der Waals surface area contributed by atoms with Gasteiger partial charge in [0.1, 0.15) is 5.52 Å². The minimum absolute atomic E-state index is 0.585. The Morgan fingerprint density at radius 2 is 1.65 bits per heavy atom. The molecule has 0 bridgehead atoms. The molecule has 100 valence electrons. The van der Waals surface area contributed by atoms with Gasteiger partial charge in [0.25, 0.3) is 0 Å². The van der Waals surface area contributed by atoms with Crippen molar-refractivity contribution in [2.75, 3.05) is 0 Å². The van der Waals surface area contributed by atoms with Gasteiger partial charge in [-0.15, -0.1) is 0 Å². The summed E-state index contributed by atoms with van der Waals surface area (Å²) in [5, 5.41) is 1.84. The van der Waals surface area contributed by atoms with Crippen molar-refractivity contribution in [3.05, 3.63) is 58.2 Å². The van der Waals surface area contributed by atoms with E-state index >= 15 is 0 Å². The van der Waals surface area contributed by atoms with E-state index in [1.165, 1.54) is 0 Å². The summed E-state index contributed by atoms with van der Waals surface area (Å²) in [5.74, 6) is 0. The van der Waals surface area contributed by atoms with Gasteiger partial charge in [0.2, 0.25) is 0 Å². The maximum absolute atomic E-state index is 6.26. The van der Waals surface area contributed by atoms with Crippen molar-refractivity contribution < 1.29 is 0 Å². The van der Waals surface area contributed by atoms with E-state index in [0.29, 0.717) is 20.9 Å². The summed E-state index contributed by atoms with van der Waals surface area (Å²) >= 11 is 15.9. The minimum Gasteiger partial charge on any atom is -0.246 e. The first-order valence-electron chi connectivity index (χ1n) is 5.96. The van der Waals surface area contributed by atoms with E-state index in [4.69, 9.17) is 23.2 Å². The molecule has 0 saturated carbocycles. The summed E-state index contributed by atoms with van der Waals surface area (Å²) in [6, 6.07) is 13.2. The number of aromatic nitrogens is 2. The lowest BCUT2D eigenvalue weighted by Gasteiger charge is -2.10. The standard InChI is InChI=1S/C15H9BrCl2N2/c16-8-13-14(9-4-1-2-5-10(9)17)19-12-7-3-6-11(18)15(12)20-13/h1-7H,8H2. The molecule has 0 aliphatic heterocycles. The predicted octanol–water partition coefficient (Wildman–Crippen LogP) is 5.50. The van der Waals surface area contributed by atoms with Crippen LogP contribution in [0.4, 0.5) is 0 Å². The van der Waals surface area contributed by atoms with Crippen molar-refractivity contribution in [2.24, 2.45) is 0 Å². The highest BCUT2D eigenvalue weighted by atomic mass is 79.9. The third-order valence-corrected chi connectivity index (χ3v) is 4.14. The molecule has 0 aliphatic rings. The van der Waals surface area contributed by atoms with E-state index in [2.05, 4.69) is 25.9 Å². The summed E-state index contributed by atoms with van der Waals surface area (Å²) in [6.45, 7) is 0. The van der Waals surface area contributed by atoms with Crippen LogP contribution in [0.15, 0.2) is 42.5 Å². The molecular weight excluding hydrogens is 359 g/mol. The molecule has 3 aromatic rings. The molecule has 0 spiro atoms. The Hall–Kier alpha value is -1.16.